The summed E-state index contributed by atoms with van der Waals surface area (Å²) >= 11 is 0. The number of piperazine rings is 1. The molecule has 0 bridgehead atoms. The first-order valence-electron chi connectivity index (χ1n) is 7.88. The highest BCUT2D eigenvalue weighted by Crippen LogP contribution is 2.09. The lowest BCUT2D eigenvalue weighted by atomic mass is 10.2. The predicted molar refractivity (Wildman–Crippen MR) is 86.2 cm³/mol. The van der Waals surface area contributed by atoms with Crippen molar-refractivity contribution in [3.05, 3.63) is 35.9 Å². The molecule has 0 radical (unpaired) electrons. The van der Waals surface area contributed by atoms with Crippen molar-refractivity contribution in [1.29, 1.82) is 0 Å². The van der Waals surface area contributed by atoms with Gasteiger partial charge in [-0.3, -0.25) is 14.5 Å². The quantitative estimate of drug-likeness (QED) is 0.833. The van der Waals surface area contributed by atoms with Crippen molar-refractivity contribution in [2.45, 2.75) is 32.9 Å². The van der Waals surface area contributed by atoms with Crippen molar-refractivity contribution in [3.8, 4) is 0 Å². The van der Waals surface area contributed by atoms with Gasteiger partial charge in [0.05, 0.1) is 0 Å². The minimum atomic E-state index is -0.188. The van der Waals surface area contributed by atoms with Gasteiger partial charge in [0.25, 0.3) is 0 Å². The number of carbonyl (C=O) groups excluding carboxylic acids is 2. The average Bonchev–Trinajstić information content (AvgIpc) is 2.48. The van der Waals surface area contributed by atoms with Gasteiger partial charge < -0.3 is 10.2 Å². The molecule has 2 amide bonds. The fourth-order valence-electron chi connectivity index (χ4n) is 2.62. The van der Waals surface area contributed by atoms with Crippen LogP contribution in [0, 0.1) is 0 Å². The summed E-state index contributed by atoms with van der Waals surface area (Å²) in [7, 11) is 0. The van der Waals surface area contributed by atoms with E-state index < -0.39 is 0 Å². The highest BCUT2D eigenvalue weighted by atomic mass is 16.2. The molecule has 1 fully saturated rings. The van der Waals surface area contributed by atoms with Gasteiger partial charge in [-0.25, -0.2) is 0 Å². The second-order valence-electron chi connectivity index (χ2n) is 6.04. The second kappa shape index (κ2) is 7.94. The summed E-state index contributed by atoms with van der Waals surface area (Å²) in [6.45, 7) is 7.80. The first-order valence-corrected chi connectivity index (χ1v) is 7.88. The van der Waals surface area contributed by atoms with Crippen LogP contribution in [0.5, 0.6) is 0 Å². The second-order valence-corrected chi connectivity index (χ2v) is 6.04. The van der Waals surface area contributed by atoms with Crippen LogP contribution in [0.3, 0.4) is 0 Å². The number of carbonyl (C=O) groups is 2. The van der Waals surface area contributed by atoms with Crippen LogP contribution in [-0.4, -0.2) is 53.8 Å². The van der Waals surface area contributed by atoms with Crippen LogP contribution >= 0.6 is 0 Å². The molecule has 120 valence electrons. The zero-order chi connectivity index (χ0) is 15.9. The smallest absolute Gasteiger partial charge is 0.232 e. The van der Waals surface area contributed by atoms with E-state index in [0.717, 1.165) is 19.6 Å². The van der Waals surface area contributed by atoms with Gasteiger partial charge >= 0.3 is 0 Å². The SMILES string of the molecule is CC(C)NC(=O)CC(=O)N1CCN(Cc2ccccc2)CC1. The molecule has 0 spiro atoms. The van der Waals surface area contributed by atoms with E-state index in [1.807, 2.05) is 32.0 Å². The molecular weight excluding hydrogens is 278 g/mol. The molecule has 1 aromatic carbocycles. The van der Waals surface area contributed by atoms with Crippen molar-refractivity contribution in [1.82, 2.24) is 15.1 Å². The van der Waals surface area contributed by atoms with Crippen LogP contribution in [0.25, 0.3) is 0 Å². The van der Waals surface area contributed by atoms with Crippen molar-refractivity contribution in [3.63, 3.8) is 0 Å². The molecule has 22 heavy (non-hydrogen) atoms. The Morgan fingerprint density at radius 1 is 1.09 bits per heavy atom. The lowest BCUT2D eigenvalue weighted by Crippen LogP contribution is -2.49. The number of hydrogen-bond acceptors (Lipinski definition) is 3. The molecule has 1 heterocycles. The number of hydrogen-bond donors (Lipinski definition) is 1. The van der Waals surface area contributed by atoms with Crippen LogP contribution in [0.15, 0.2) is 30.3 Å². The molecule has 1 aliphatic rings. The molecule has 0 aromatic heterocycles. The molecule has 0 saturated carbocycles. The minimum Gasteiger partial charge on any atom is -0.353 e. The van der Waals surface area contributed by atoms with Gasteiger partial charge in [0.2, 0.25) is 11.8 Å². The lowest BCUT2D eigenvalue weighted by molar-refractivity contribution is -0.137. The van der Waals surface area contributed by atoms with Crippen LogP contribution < -0.4 is 5.32 Å². The molecule has 1 saturated heterocycles. The van der Waals surface area contributed by atoms with Gasteiger partial charge in [-0.05, 0) is 19.4 Å². The molecule has 0 unspecified atom stereocenters. The topological polar surface area (TPSA) is 52.7 Å². The van der Waals surface area contributed by atoms with Crippen molar-refractivity contribution < 1.29 is 9.59 Å². The molecule has 1 N–H and O–H groups in total. The summed E-state index contributed by atoms with van der Waals surface area (Å²) in [6, 6.07) is 10.4. The first kappa shape index (κ1) is 16.5. The third-order valence-corrected chi connectivity index (χ3v) is 3.74. The number of amides is 2. The van der Waals surface area contributed by atoms with Crippen LogP contribution in [0.4, 0.5) is 0 Å². The average molecular weight is 303 g/mol. The van der Waals surface area contributed by atoms with Gasteiger partial charge in [0.1, 0.15) is 6.42 Å². The molecular formula is C17H25N3O2. The van der Waals surface area contributed by atoms with E-state index in [2.05, 4.69) is 22.3 Å². The fourth-order valence-corrected chi connectivity index (χ4v) is 2.62. The summed E-state index contributed by atoms with van der Waals surface area (Å²) in [5, 5.41) is 2.76. The van der Waals surface area contributed by atoms with Crippen molar-refractivity contribution in [2.75, 3.05) is 26.2 Å². The van der Waals surface area contributed by atoms with E-state index in [9.17, 15) is 9.59 Å². The van der Waals surface area contributed by atoms with Gasteiger partial charge in [-0.1, -0.05) is 30.3 Å². The number of nitrogens with one attached hydrogen (secondary N) is 1. The molecule has 0 atom stereocenters. The molecule has 2 rings (SSSR count). The van der Waals surface area contributed by atoms with E-state index in [1.54, 1.807) is 4.90 Å². The Balaban J connectivity index is 1.74. The maximum Gasteiger partial charge on any atom is 0.232 e. The van der Waals surface area contributed by atoms with E-state index in [1.165, 1.54) is 5.56 Å². The maximum atomic E-state index is 12.1. The normalized spacial score (nSPS) is 15.9. The van der Waals surface area contributed by atoms with Crippen LogP contribution in [-0.2, 0) is 16.1 Å². The third kappa shape index (κ3) is 5.15. The summed E-state index contributed by atoms with van der Waals surface area (Å²) in [5.74, 6) is -0.260. The molecule has 1 aromatic rings. The molecule has 5 heteroatoms. The molecule has 0 aliphatic carbocycles. The van der Waals surface area contributed by atoms with E-state index in [4.69, 9.17) is 0 Å². The summed E-state index contributed by atoms with van der Waals surface area (Å²) in [5.41, 5.74) is 1.29. The highest BCUT2D eigenvalue weighted by molar-refractivity contribution is 5.97. The molecule has 5 nitrogen and oxygen atoms in total. The van der Waals surface area contributed by atoms with Gasteiger partial charge in [0, 0.05) is 38.8 Å². The van der Waals surface area contributed by atoms with E-state index >= 15 is 0 Å². The Morgan fingerprint density at radius 2 is 1.73 bits per heavy atom. The summed E-state index contributed by atoms with van der Waals surface area (Å²) in [4.78, 5) is 27.9. The van der Waals surface area contributed by atoms with Crippen LogP contribution in [0.1, 0.15) is 25.8 Å². The zero-order valence-corrected chi connectivity index (χ0v) is 13.4. The third-order valence-electron chi connectivity index (χ3n) is 3.74. The zero-order valence-electron chi connectivity index (χ0n) is 13.4. The highest BCUT2D eigenvalue weighted by Gasteiger charge is 2.22. The Morgan fingerprint density at radius 3 is 2.32 bits per heavy atom. The van der Waals surface area contributed by atoms with Crippen LogP contribution in [0.2, 0.25) is 0 Å². The van der Waals surface area contributed by atoms with E-state index in [0.29, 0.717) is 13.1 Å². The summed E-state index contributed by atoms with van der Waals surface area (Å²) in [6.07, 6.45) is -0.0448. The maximum absolute atomic E-state index is 12.1. The van der Waals surface area contributed by atoms with Gasteiger partial charge in [-0.2, -0.15) is 0 Å². The van der Waals surface area contributed by atoms with Crippen molar-refractivity contribution >= 4 is 11.8 Å². The van der Waals surface area contributed by atoms with Gasteiger partial charge in [0.15, 0.2) is 0 Å². The number of nitrogens with zero attached hydrogens (tertiary/aromatic N) is 2. The number of benzene rings is 1. The Kier molecular flexibility index (Phi) is 5.95. The van der Waals surface area contributed by atoms with E-state index in [-0.39, 0.29) is 24.3 Å². The Labute approximate surface area is 132 Å². The molecule has 1 aliphatic heterocycles. The predicted octanol–water partition coefficient (Wildman–Crippen LogP) is 1.25. The number of rotatable bonds is 5. The van der Waals surface area contributed by atoms with Crippen molar-refractivity contribution in [2.24, 2.45) is 0 Å². The van der Waals surface area contributed by atoms with Gasteiger partial charge in [-0.15, -0.1) is 0 Å². The minimum absolute atomic E-state index is 0.0448. The summed E-state index contributed by atoms with van der Waals surface area (Å²) < 4.78 is 0. The Bertz CT molecular complexity index is 494. The fraction of sp³-hybridized carbons (Fsp3) is 0.529. The Hall–Kier alpha value is -1.88. The monoisotopic (exact) mass is 303 g/mol. The first-order chi connectivity index (χ1) is 10.5. The largest absolute Gasteiger partial charge is 0.353 e. The lowest BCUT2D eigenvalue weighted by Gasteiger charge is -2.34. The standard InChI is InChI=1S/C17H25N3O2/c1-14(2)18-16(21)12-17(22)20-10-8-19(9-11-20)13-15-6-4-3-5-7-15/h3-7,14H,8-13H2,1-2H3,(H,18,21).